The molecular formula is C11H15NO2. The van der Waals surface area contributed by atoms with Crippen LogP contribution in [0.4, 0.5) is 0 Å². The molecular weight excluding hydrogens is 178 g/mol. The minimum atomic E-state index is 0.210. The molecule has 3 heteroatoms. The normalized spacial score (nSPS) is 16.9. The third kappa shape index (κ3) is 2.05. The van der Waals surface area contributed by atoms with Gasteiger partial charge in [-0.2, -0.15) is 0 Å². The van der Waals surface area contributed by atoms with Crippen molar-refractivity contribution in [2.75, 3.05) is 26.3 Å². The van der Waals surface area contributed by atoms with Gasteiger partial charge in [-0.15, -0.1) is 0 Å². The Labute approximate surface area is 83.9 Å². The van der Waals surface area contributed by atoms with Crippen LogP contribution in [-0.2, 0) is 6.54 Å². The van der Waals surface area contributed by atoms with Crippen molar-refractivity contribution in [1.29, 1.82) is 0 Å². The lowest BCUT2D eigenvalue weighted by Crippen LogP contribution is -2.28. The molecule has 0 aliphatic carbocycles. The second-order valence-electron chi connectivity index (χ2n) is 3.46. The molecule has 0 atom stereocenters. The number of hydrogen-bond acceptors (Lipinski definition) is 3. The van der Waals surface area contributed by atoms with Crippen LogP contribution in [0.25, 0.3) is 0 Å². The van der Waals surface area contributed by atoms with Gasteiger partial charge in [0.15, 0.2) is 0 Å². The van der Waals surface area contributed by atoms with Crippen LogP contribution in [0.2, 0.25) is 0 Å². The highest BCUT2D eigenvalue weighted by Crippen LogP contribution is 2.21. The third-order valence-corrected chi connectivity index (χ3v) is 2.45. The van der Waals surface area contributed by atoms with E-state index in [1.165, 1.54) is 5.56 Å². The van der Waals surface area contributed by atoms with Crippen LogP contribution in [0.1, 0.15) is 5.56 Å². The molecule has 0 radical (unpaired) electrons. The lowest BCUT2D eigenvalue weighted by atomic mass is 10.2. The number of para-hydroxylation sites is 1. The second-order valence-corrected chi connectivity index (χ2v) is 3.46. The van der Waals surface area contributed by atoms with Gasteiger partial charge in [0.2, 0.25) is 0 Å². The predicted molar refractivity (Wildman–Crippen MR) is 54.3 cm³/mol. The van der Waals surface area contributed by atoms with E-state index < -0.39 is 0 Å². The Balaban J connectivity index is 2.14. The van der Waals surface area contributed by atoms with Gasteiger partial charge in [0, 0.05) is 25.2 Å². The average molecular weight is 193 g/mol. The maximum Gasteiger partial charge on any atom is 0.123 e. The van der Waals surface area contributed by atoms with Gasteiger partial charge in [-0.25, -0.2) is 0 Å². The summed E-state index contributed by atoms with van der Waals surface area (Å²) in [6.07, 6.45) is 0. The summed E-state index contributed by atoms with van der Waals surface area (Å²) in [6, 6.07) is 8.08. The molecule has 1 aliphatic heterocycles. The van der Waals surface area contributed by atoms with Crippen LogP contribution in [0.3, 0.4) is 0 Å². The van der Waals surface area contributed by atoms with E-state index in [1.54, 1.807) is 0 Å². The number of β-amino-alcohol motifs (C(OH)–C–C–N with tert-alkyl or cyclic N) is 1. The predicted octanol–water partition coefficient (Wildman–Crippen LogP) is 0.873. The van der Waals surface area contributed by atoms with E-state index in [4.69, 9.17) is 9.84 Å². The van der Waals surface area contributed by atoms with Gasteiger partial charge < -0.3 is 9.84 Å². The van der Waals surface area contributed by atoms with Crippen molar-refractivity contribution in [1.82, 2.24) is 4.90 Å². The summed E-state index contributed by atoms with van der Waals surface area (Å²) < 4.78 is 5.60. The molecule has 1 N–H and O–H groups in total. The van der Waals surface area contributed by atoms with Crippen molar-refractivity contribution in [3.63, 3.8) is 0 Å². The fourth-order valence-corrected chi connectivity index (χ4v) is 1.71. The molecule has 0 amide bonds. The fraction of sp³-hybridized carbons (Fsp3) is 0.455. The van der Waals surface area contributed by atoms with Crippen LogP contribution in [-0.4, -0.2) is 36.3 Å². The Morgan fingerprint density at radius 2 is 2.21 bits per heavy atom. The van der Waals surface area contributed by atoms with Crippen LogP contribution in [0, 0.1) is 0 Å². The van der Waals surface area contributed by atoms with E-state index in [9.17, 15) is 0 Å². The zero-order valence-corrected chi connectivity index (χ0v) is 8.15. The van der Waals surface area contributed by atoms with Crippen molar-refractivity contribution in [2.24, 2.45) is 0 Å². The molecule has 2 rings (SSSR count). The Morgan fingerprint density at radius 1 is 1.36 bits per heavy atom. The van der Waals surface area contributed by atoms with Gasteiger partial charge in [0.1, 0.15) is 12.4 Å². The van der Waals surface area contributed by atoms with Gasteiger partial charge in [-0.1, -0.05) is 18.2 Å². The molecule has 0 saturated carbocycles. The van der Waals surface area contributed by atoms with Gasteiger partial charge >= 0.3 is 0 Å². The van der Waals surface area contributed by atoms with E-state index >= 15 is 0 Å². The summed E-state index contributed by atoms with van der Waals surface area (Å²) in [7, 11) is 0. The number of benzene rings is 1. The monoisotopic (exact) mass is 193 g/mol. The van der Waals surface area contributed by atoms with Crippen molar-refractivity contribution in [2.45, 2.75) is 6.54 Å². The molecule has 1 aliphatic rings. The first-order valence-electron chi connectivity index (χ1n) is 4.94. The standard InChI is InChI=1S/C11H15NO2/c13-7-5-12-6-8-14-11-4-2-1-3-10(11)9-12/h1-4,13H,5-9H2. The molecule has 1 aromatic rings. The van der Waals surface area contributed by atoms with Crippen LogP contribution in [0.15, 0.2) is 24.3 Å². The smallest absolute Gasteiger partial charge is 0.123 e. The van der Waals surface area contributed by atoms with Crippen LogP contribution >= 0.6 is 0 Å². The largest absolute Gasteiger partial charge is 0.492 e. The first-order chi connectivity index (χ1) is 6.90. The zero-order chi connectivity index (χ0) is 9.80. The number of aliphatic hydroxyl groups excluding tert-OH is 1. The Bertz CT molecular complexity index is 301. The van der Waals surface area contributed by atoms with E-state index in [0.29, 0.717) is 6.61 Å². The topological polar surface area (TPSA) is 32.7 Å². The molecule has 1 heterocycles. The summed E-state index contributed by atoms with van der Waals surface area (Å²) in [5.41, 5.74) is 1.21. The highest BCUT2D eigenvalue weighted by Gasteiger charge is 2.13. The van der Waals surface area contributed by atoms with Crippen molar-refractivity contribution >= 4 is 0 Å². The molecule has 1 aromatic carbocycles. The molecule has 0 unspecified atom stereocenters. The number of ether oxygens (including phenoxy) is 1. The number of fused-ring (bicyclic) bond motifs is 1. The minimum Gasteiger partial charge on any atom is -0.492 e. The van der Waals surface area contributed by atoms with Crippen molar-refractivity contribution in [3.05, 3.63) is 29.8 Å². The summed E-state index contributed by atoms with van der Waals surface area (Å²) in [5, 5.41) is 8.88. The first kappa shape index (κ1) is 9.49. The number of hydrogen-bond donors (Lipinski definition) is 1. The molecule has 0 bridgehead atoms. The summed E-state index contributed by atoms with van der Waals surface area (Å²) in [6.45, 7) is 3.39. The van der Waals surface area contributed by atoms with E-state index in [2.05, 4.69) is 11.0 Å². The van der Waals surface area contributed by atoms with E-state index in [-0.39, 0.29) is 6.61 Å². The van der Waals surface area contributed by atoms with Gasteiger partial charge in [0.05, 0.1) is 6.61 Å². The lowest BCUT2D eigenvalue weighted by molar-refractivity contribution is 0.177. The summed E-state index contributed by atoms with van der Waals surface area (Å²) >= 11 is 0. The number of nitrogens with zero attached hydrogens (tertiary/aromatic N) is 1. The highest BCUT2D eigenvalue weighted by molar-refractivity contribution is 5.33. The van der Waals surface area contributed by atoms with Crippen LogP contribution < -0.4 is 4.74 Å². The molecule has 76 valence electrons. The second kappa shape index (κ2) is 4.44. The SMILES string of the molecule is OCCN1CCOc2ccccc2C1. The maximum absolute atomic E-state index is 8.88. The van der Waals surface area contributed by atoms with E-state index in [1.807, 2.05) is 18.2 Å². The van der Waals surface area contributed by atoms with E-state index in [0.717, 1.165) is 25.4 Å². The molecule has 3 nitrogen and oxygen atoms in total. The summed E-state index contributed by atoms with van der Waals surface area (Å²) in [4.78, 5) is 2.20. The molecule has 0 aromatic heterocycles. The molecule has 0 fully saturated rings. The molecule has 14 heavy (non-hydrogen) atoms. The highest BCUT2D eigenvalue weighted by atomic mass is 16.5. The fourth-order valence-electron chi connectivity index (χ4n) is 1.71. The summed E-state index contributed by atoms with van der Waals surface area (Å²) in [5.74, 6) is 0.980. The minimum absolute atomic E-state index is 0.210. The average Bonchev–Trinajstić information content (AvgIpc) is 2.40. The Kier molecular flexibility index (Phi) is 3.01. The third-order valence-electron chi connectivity index (χ3n) is 2.45. The molecule has 0 saturated heterocycles. The van der Waals surface area contributed by atoms with Crippen molar-refractivity contribution < 1.29 is 9.84 Å². The van der Waals surface area contributed by atoms with Gasteiger partial charge in [-0.05, 0) is 6.07 Å². The zero-order valence-electron chi connectivity index (χ0n) is 8.15. The molecule has 0 spiro atoms. The van der Waals surface area contributed by atoms with Gasteiger partial charge in [-0.3, -0.25) is 4.90 Å². The first-order valence-corrected chi connectivity index (χ1v) is 4.94. The Morgan fingerprint density at radius 3 is 3.07 bits per heavy atom. The van der Waals surface area contributed by atoms with Crippen LogP contribution in [0.5, 0.6) is 5.75 Å². The van der Waals surface area contributed by atoms with Gasteiger partial charge in [0.25, 0.3) is 0 Å². The Hall–Kier alpha value is -1.06. The van der Waals surface area contributed by atoms with Crippen molar-refractivity contribution in [3.8, 4) is 5.75 Å². The maximum atomic E-state index is 8.88. The number of rotatable bonds is 2. The quantitative estimate of drug-likeness (QED) is 0.756. The lowest BCUT2D eigenvalue weighted by Gasteiger charge is -2.17. The number of aliphatic hydroxyl groups is 1.